The Morgan fingerprint density at radius 1 is 1.46 bits per heavy atom. The lowest BCUT2D eigenvalue weighted by molar-refractivity contribution is 0.691. The summed E-state index contributed by atoms with van der Waals surface area (Å²) in [6.07, 6.45) is 4.99. The quantitative estimate of drug-likeness (QED) is 0.392. The molecule has 0 fully saturated rings. The van der Waals surface area contributed by atoms with Crippen molar-refractivity contribution in [2.24, 2.45) is 5.11 Å². The van der Waals surface area contributed by atoms with Crippen molar-refractivity contribution in [1.82, 2.24) is 0 Å². The van der Waals surface area contributed by atoms with Gasteiger partial charge in [-0.15, -0.1) is 11.3 Å². The van der Waals surface area contributed by atoms with E-state index in [4.69, 9.17) is 5.53 Å². The standard InChI is InChI=1S/C9H11N3S/c10-12-11-5-7-6-13-9-4-2-1-3-8(7)9/h6H,1-5H2. The Balaban J connectivity index is 2.26. The van der Waals surface area contributed by atoms with Crippen LogP contribution in [0.1, 0.15) is 28.8 Å². The summed E-state index contributed by atoms with van der Waals surface area (Å²) >= 11 is 1.82. The van der Waals surface area contributed by atoms with Gasteiger partial charge in [-0.1, -0.05) is 5.11 Å². The zero-order chi connectivity index (χ0) is 9.10. The summed E-state index contributed by atoms with van der Waals surface area (Å²) in [5.41, 5.74) is 10.9. The normalized spacial score (nSPS) is 14.8. The average molecular weight is 193 g/mol. The van der Waals surface area contributed by atoms with Crippen LogP contribution in [0.25, 0.3) is 10.4 Å². The predicted molar refractivity (Wildman–Crippen MR) is 53.8 cm³/mol. The van der Waals surface area contributed by atoms with Crippen LogP contribution in [0.5, 0.6) is 0 Å². The van der Waals surface area contributed by atoms with Crippen molar-refractivity contribution in [3.8, 4) is 0 Å². The van der Waals surface area contributed by atoms with Gasteiger partial charge in [-0.3, -0.25) is 0 Å². The molecule has 1 aromatic rings. The van der Waals surface area contributed by atoms with Crippen LogP contribution in [-0.2, 0) is 19.4 Å². The van der Waals surface area contributed by atoms with Crippen molar-refractivity contribution in [2.45, 2.75) is 32.2 Å². The minimum absolute atomic E-state index is 0.530. The Morgan fingerprint density at radius 3 is 3.15 bits per heavy atom. The second-order valence-corrected chi connectivity index (χ2v) is 4.22. The maximum atomic E-state index is 8.23. The zero-order valence-electron chi connectivity index (χ0n) is 7.36. The molecule has 1 aliphatic rings. The van der Waals surface area contributed by atoms with Crippen LogP contribution < -0.4 is 0 Å². The van der Waals surface area contributed by atoms with Crippen LogP contribution in [0, 0.1) is 0 Å². The smallest absolute Gasteiger partial charge is 0.0521 e. The number of hydrogen-bond acceptors (Lipinski definition) is 2. The first kappa shape index (κ1) is 8.60. The lowest BCUT2D eigenvalue weighted by Crippen LogP contribution is -2.00. The van der Waals surface area contributed by atoms with E-state index in [-0.39, 0.29) is 0 Å². The van der Waals surface area contributed by atoms with Gasteiger partial charge in [0.1, 0.15) is 0 Å². The van der Waals surface area contributed by atoms with E-state index in [0.717, 1.165) is 0 Å². The Labute approximate surface area is 81.0 Å². The third kappa shape index (κ3) is 1.69. The van der Waals surface area contributed by atoms with E-state index in [2.05, 4.69) is 15.4 Å². The monoisotopic (exact) mass is 193 g/mol. The number of thiophene rings is 1. The summed E-state index contributed by atoms with van der Waals surface area (Å²) in [7, 11) is 0. The molecule has 68 valence electrons. The first-order valence-electron chi connectivity index (χ1n) is 4.51. The lowest BCUT2D eigenvalue weighted by atomic mass is 9.96. The second kappa shape index (κ2) is 3.81. The molecule has 3 nitrogen and oxygen atoms in total. The molecule has 0 saturated carbocycles. The first-order chi connectivity index (χ1) is 6.42. The number of azide groups is 1. The van der Waals surface area contributed by atoms with Crippen LogP contribution in [-0.4, -0.2) is 0 Å². The number of nitrogens with zero attached hydrogens (tertiary/aromatic N) is 3. The van der Waals surface area contributed by atoms with Gasteiger partial charge in [0.2, 0.25) is 0 Å². The molecule has 1 aliphatic carbocycles. The third-order valence-electron chi connectivity index (χ3n) is 2.45. The van der Waals surface area contributed by atoms with E-state index in [0.29, 0.717) is 6.54 Å². The summed E-state index contributed by atoms with van der Waals surface area (Å²) < 4.78 is 0. The Hall–Kier alpha value is -0.990. The molecule has 0 aliphatic heterocycles. The van der Waals surface area contributed by atoms with Crippen molar-refractivity contribution in [1.29, 1.82) is 0 Å². The molecule has 0 amide bonds. The van der Waals surface area contributed by atoms with Gasteiger partial charge in [0.15, 0.2) is 0 Å². The van der Waals surface area contributed by atoms with Gasteiger partial charge in [-0.25, -0.2) is 0 Å². The summed E-state index contributed by atoms with van der Waals surface area (Å²) in [4.78, 5) is 4.30. The molecule has 1 heterocycles. The number of aryl methyl sites for hydroxylation is 1. The van der Waals surface area contributed by atoms with Crippen LogP contribution in [0.3, 0.4) is 0 Å². The summed E-state index contributed by atoms with van der Waals surface area (Å²) in [5, 5.41) is 5.75. The molecule has 0 saturated heterocycles. The largest absolute Gasteiger partial charge is 0.148 e. The highest BCUT2D eigenvalue weighted by molar-refractivity contribution is 7.10. The van der Waals surface area contributed by atoms with Gasteiger partial charge in [0.05, 0.1) is 6.54 Å². The van der Waals surface area contributed by atoms with E-state index >= 15 is 0 Å². The fourth-order valence-electron chi connectivity index (χ4n) is 1.80. The molecular formula is C9H11N3S. The predicted octanol–water partition coefficient (Wildman–Crippen LogP) is 3.44. The zero-order valence-corrected chi connectivity index (χ0v) is 8.18. The Morgan fingerprint density at radius 2 is 2.31 bits per heavy atom. The van der Waals surface area contributed by atoms with Crippen molar-refractivity contribution in [3.63, 3.8) is 0 Å². The lowest BCUT2D eigenvalue weighted by Gasteiger charge is -2.11. The summed E-state index contributed by atoms with van der Waals surface area (Å²) in [5.74, 6) is 0. The number of hydrogen-bond donors (Lipinski definition) is 0. The highest BCUT2D eigenvalue weighted by atomic mass is 32.1. The van der Waals surface area contributed by atoms with E-state index in [1.807, 2.05) is 11.3 Å². The maximum absolute atomic E-state index is 8.23. The van der Waals surface area contributed by atoms with Crippen LogP contribution >= 0.6 is 11.3 Å². The maximum Gasteiger partial charge on any atom is 0.0521 e. The highest BCUT2D eigenvalue weighted by Gasteiger charge is 2.14. The van der Waals surface area contributed by atoms with Crippen LogP contribution in [0.15, 0.2) is 10.5 Å². The SMILES string of the molecule is [N-]=[N+]=NCc1csc2c1CCCC2. The van der Waals surface area contributed by atoms with Crippen molar-refractivity contribution in [2.75, 3.05) is 0 Å². The topological polar surface area (TPSA) is 48.8 Å². The van der Waals surface area contributed by atoms with Crippen LogP contribution in [0.4, 0.5) is 0 Å². The van der Waals surface area contributed by atoms with Crippen molar-refractivity contribution in [3.05, 3.63) is 31.8 Å². The molecule has 2 rings (SSSR count). The molecule has 4 heteroatoms. The molecule has 1 aromatic heterocycles. The summed E-state index contributed by atoms with van der Waals surface area (Å²) in [6.45, 7) is 0.530. The third-order valence-corrected chi connectivity index (χ3v) is 3.59. The molecule has 0 N–H and O–H groups in total. The van der Waals surface area contributed by atoms with Gasteiger partial charge in [-0.05, 0) is 47.7 Å². The van der Waals surface area contributed by atoms with E-state index in [1.165, 1.54) is 41.7 Å². The minimum atomic E-state index is 0.530. The van der Waals surface area contributed by atoms with Crippen LogP contribution in [0.2, 0.25) is 0 Å². The minimum Gasteiger partial charge on any atom is -0.148 e. The molecule has 0 bridgehead atoms. The number of fused-ring (bicyclic) bond motifs is 1. The van der Waals surface area contributed by atoms with E-state index < -0.39 is 0 Å². The second-order valence-electron chi connectivity index (χ2n) is 3.26. The Kier molecular flexibility index (Phi) is 2.52. The molecule has 0 unspecified atom stereocenters. The average Bonchev–Trinajstić information content (AvgIpc) is 2.58. The molecule has 13 heavy (non-hydrogen) atoms. The molecule has 0 atom stereocenters. The van der Waals surface area contributed by atoms with Gasteiger partial charge in [-0.2, -0.15) is 0 Å². The van der Waals surface area contributed by atoms with Gasteiger partial charge in [0.25, 0.3) is 0 Å². The molecule has 0 radical (unpaired) electrons. The van der Waals surface area contributed by atoms with Gasteiger partial charge < -0.3 is 0 Å². The number of rotatable bonds is 2. The molecule has 0 spiro atoms. The fourth-order valence-corrected chi connectivity index (χ4v) is 2.94. The Bertz CT molecular complexity index is 350. The van der Waals surface area contributed by atoms with Crippen molar-refractivity contribution < 1.29 is 0 Å². The summed E-state index contributed by atoms with van der Waals surface area (Å²) in [6, 6.07) is 0. The van der Waals surface area contributed by atoms with Gasteiger partial charge >= 0.3 is 0 Å². The van der Waals surface area contributed by atoms with Crippen molar-refractivity contribution >= 4 is 11.3 Å². The highest BCUT2D eigenvalue weighted by Crippen LogP contribution is 2.30. The first-order valence-corrected chi connectivity index (χ1v) is 5.39. The molecule has 0 aromatic carbocycles. The molecular weight excluding hydrogens is 182 g/mol. The van der Waals surface area contributed by atoms with E-state index in [9.17, 15) is 0 Å². The van der Waals surface area contributed by atoms with E-state index in [1.54, 1.807) is 0 Å². The van der Waals surface area contributed by atoms with Gasteiger partial charge in [0, 0.05) is 9.79 Å². The fraction of sp³-hybridized carbons (Fsp3) is 0.556.